The average Bonchev–Trinajstić information content (AvgIpc) is 3.49. The maximum absolute atomic E-state index is 9.86. The number of piperidine rings is 1. The molecule has 0 amide bonds. The number of nitrogens with zero attached hydrogens (tertiary/aromatic N) is 7. The summed E-state index contributed by atoms with van der Waals surface area (Å²) in [7, 11) is 0. The highest BCUT2D eigenvalue weighted by molar-refractivity contribution is 6.00. The van der Waals surface area contributed by atoms with E-state index in [-0.39, 0.29) is 0 Å². The Bertz CT molecular complexity index is 1520. The smallest absolute Gasteiger partial charge is 0.227 e. The molecule has 2 aliphatic rings. The van der Waals surface area contributed by atoms with Gasteiger partial charge in [-0.3, -0.25) is 15.4 Å². The summed E-state index contributed by atoms with van der Waals surface area (Å²) in [4.78, 5) is 20.1. The topological polar surface area (TPSA) is 105 Å². The third-order valence-electron chi connectivity index (χ3n) is 7.19. The van der Waals surface area contributed by atoms with Crippen molar-refractivity contribution in [1.82, 2.24) is 20.4 Å². The predicted molar refractivity (Wildman–Crippen MR) is 154 cm³/mol. The van der Waals surface area contributed by atoms with E-state index in [0.29, 0.717) is 18.2 Å². The van der Waals surface area contributed by atoms with E-state index in [1.165, 1.54) is 0 Å². The van der Waals surface area contributed by atoms with Gasteiger partial charge in [0.2, 0.25) is 5.95 Å². The van der Waals surface area contributed by atoms with E-state index in [4.69, 9.17) is 4.98 Å². The number of hydrogen-bond acceptors (Lipinski definition) is 9. The molecule has 39 heavy (non-hydrogen) atoms. The number of anilines is 4. The molecule has 9 nitrogen and oxygen atoms in total. The number of amidine groups is 1. The van der Waals surface area contributed by atoms with E-state index >= 15 is 0 Å². The molecule has 0 bridgehead atoms. The molecule has 2 aromatic carbocycles. The van der Waals surface area contributed by atoms with Crippen LogP contribution in [0.2, 0.25) is 0 Å². The molecule has 0 saturated carbocycles. The fourth-order valence-corrected chi connectivity index (χ4v) is 4.90. The van der Waals surface area contributed by atoms with Crippen molar-refractivity contribution >= 4 is 28.8 Å². The lowest BCUT2D eigenvalue weighted by Gasteiger charge is -2.32. The SMILES string of the molecule is CC1CCN(c2ccc(-c3ccnc(Nc4ccc(N5CN=C(c6ccncc6)N5)cc4)n3)cc2C#N)CC1. The Kier molecular flexibility index (Phi) is 6.75. The summed E-state index contributed by atoms with van der Waals surface area (Å²) in [6.45, 7) is 4.79. The maximum Gasteiger partial charge on any atom is 0.227 e. The van der Waals surface area contributed by atoms with Crippen LogP contribution in [-0.2, 0) is 0 Å². The Labute approximate surface area is 227 Å². The summed E-state index contributed by atoms with van der Waals surface area (Å²) in [5.41, 5.74) is 9.55. The molecular weight excluding hydrogens is 486 g/mol. The van der Waals surface area contributed by atoms with Crippen LogP contribution < -0.4 is 20.7 Å². The number of rotatable bonds is 6. The average molecular weight is 516 g/mol. The van der Waals surface area contributed by atoms with Crippen molar-refractivity contribution in [2.24, 2.45) is 10.9 Å². The predicted octanol–water partition coefficient (Wildman–Crippen LogP) is 5.12. The highest BCUT2D eigenvalue weighted by atomic mass is 15.6. The zero-order valence-electron chi connectivity index (χ0n) is 21.7. The second kappa shape index (κ2) is 10.8. The summed E-state index contributed by atoms with van der Waals surface area (Å²) in [5.74, 6) is 2.06. The number of nitriles is 1. The van der Waals surface area contributed by atoms with E-state index < -0.39 is 0 Å². The maximum atomic E-state index is 9.86. The molecule has 6 rings (SSSR count). The lowest BCUT2D eigenvalue weighted by molar-refractivity contribution is 0.438. The Morgan fingerprint density at radius 3 is 2.51 bits per heavy atom. The third-order valence-corrected chi connectivity index (χ3v) is 7.19. The molecule has 1 saturated heterocycles. The van der Waals surface area contributed by atoms with E-state index in [0.717, 1.165) is 71.6 Å². The summed E-state index contributed by atoms with van der Waals surface area (Å²) in [6, 6.07) is 22.1. The van der Waals surface area contributed by atoms with E-state index in [2.05, 4.69) is 43.6 Å². The Morgan fingerprint density at radius 1 is 0.949 bits per heavy atom. The van der Waals surface area contributed by atoms with Crippen LogP contribution in [0.5, 0.6) is 0 Å². The first-order chi connectivity index (χ1) is 19.2. The van der Waals surface area contributed by atoms with Gasteiger partial charge in [-0.1, -0.05) is 13.0 Å². The van der Waals surface area contributed by atoms with Crippen LogP contribution in [0.3, 0.4) is 0 Å². The molecule has 194 valence electrons. The van der Waals surface area contributed by atoms with Gasteiger partial charge < -0.3 is 10.2 Å². The minimum absolute atomic E-state index is 0.496. The molecule has 1 fully saturated rings. The molecule has 2 aromatic heterocycles. The van der Waals surface area contributed by atoms with Gasteiger partial charge in [-0.15, -0.1) is 0 Å². The zero-order chi connectivity index (χ0) is 26.6. The molecule has 0 radical (unpaired) electrons. The Morgan fingerprint density at radius 2 is 1.74 bits per heavy atom. The molecule has 4 heterocycles. The molecule has 2 N–H and O–H groups in total. The Balaban J connectivity index is 1.13. The first-order valence-corrected chi connectivity index (χ1v) is 13.1. The largest absolute Gasteiger partial charge is 0.370 e. The van der Waals surface area contributed by atoms with Crippen molar-refractivity contribution < 1.29 is 0 Å². The van der Waals surface area contributed by atoms with Gasteiger partial charge in [-0.05, 0) is 73.4 Å². The van der Waals surface area contributed by atoms with Crippen LogP contribution in [0, 0.1) is 17.2 Å². The van der Waals surface area contributed by atoms with Crippen molar-refractivity contribution in [3.8, 4) is 17.3 Å². The van der Waals surface area contributed by atoms with Gasteiger partial charge in [0.15, 0.2) is 0 Å². The minimum atomic E-state index is 0.496. The molecular formula is C30H29N9. The number of pyridine rings is 1. The van der Waals surface area contributed by atoms with Crippen LogP contribution in [-0.4, -0.2) is 40.5 Å². The first kappa shape index (κ1) is 24.4. The van der Waals surface area contributed by atoms with Crippen molar-refractivity contribution in [1.29, 1.82) is 5.26 Å². The molecule has 0 unspecified atom stereocenters. The first-order valence-electron chi connectivity index (χ1n) is 13.1. The quantitative estimate of drug-likeness (QED) is 0.365. The summed E-state index contributed by atoms with van der Waals surface area (Å²) < 4.78 is 0. The monoisotopic (exact) mass is 515 g/mol. The number of hydrazine groups is 1. The van der Waals surface area contributed by atoms with Crippen LogP contribution in [0.15, 0.2) is 84.2 Å². The van der Waals surface area contributed by atoms with Gasteiger partial charge in [0, 0.05) is 48.5 Å². The lowest BCUT2D eigenvalue weighted by Crippen LogP contribution is -2.36. The molecule has 2 aliphatic heterocycles. The normalized spacial score (nSPS) is 15.4. The molecule has 0 atom stereocenters. The lowest BCUT2D eigenvalue weighted by atomic mass is 9.97. The summed E-state index contributed by atoms with van der Waals surface area (Å²) in [6.07, 6.45) is 7.56. The fraction of sp³-hybridized carbons (Fsp3) is 0.233. The van der Waals surface area contributed by atoms with Crippen molar-refractivity contribution in [3.63, 3.8) is 0 Å². The van der Waals surface area contributed by atoms with Gasteiger partial charge in [0.25, 0.3) is 0 Å². The number of benzene rings is 2. The Hall–Kier alpha value is -4.97. The van der Waals surface area contributed by atoms with Gasteiger partial charge >= 0.3 is 0 Å². The molecule has 0 spiro atoms. The second-order valence-corrected chi connectivity index (χ2v) is 9.87. The van der Waals surface area contributed by atoms with Gasteiger partial charge in [-0.2, -0.15) is 5.26 Å². The fourth-order valence-electron chi connectivity index (χ4n) is 4.90. The number of hydrogen-bond donors (Lipinski definition) is 2. The molecule has 4 aromatic rings. The van der Waals surface area contributed by atoms with Crippen LogP contribution >= 0.6 is 0 Å². The van der Waals surface area contributed by atoms with E-state index in [1.807, 2.05) is 65.7 Å². The van der Waals surface area contributed by atoms with Crippen molar-refractivity contribution in [2.75, 3.05) is 35.0 Å². The van der Waals surface area contributed by atoms with Gasteiger partial charge in [0.1, 0.15) is 18.6 Å². The third kappa shape index (κ3) is 5.36. The zero-order valence-corrected chi connectivity index (χ0v) is 21.7. The van der Waals surface area contributed by atoms with Crippen LogP contribution in [0.1, 0.15) is 30.9 Å². The van der Waals surface area contributed by atoms with Crippen LogP contribution in [0.4, 0.5) is 23.0 Å². The standard InChI is InChI=1S/C30H29N9/c1-21-11-16-38(17-12-21)28-7-2-23(18-24(28)19-31)27-10-15-33-30(36-27)35-25-3-5-26(6-4-25)39-20-34-29(37-39)22-8-13-32-14-9-22/h2-10,13-15,18,21H,11-12,16-17,20H2,1H3,(H,34,37)(H,33,35,36). The second-order valence-electron chi connectivity index (χ2n) is 9.87. The van der Waals surface area contributed by atoms with Crippen molar-refractivity contribution in [2.45, 2.75) is 19.8 Å². The van der Waals surface area contributed by atoms with Gasteiger partial charge in [0.05, 0.1) is 22.6 Å². The van der Waals surface area contributed by atoms with Gasteiger partial charge in [-0.25, -0.2) is 15.0 Å². The number of aromatic nitrogens is 3. The van der Waals surface area contributed by atoms with E-state index in [1.54, 1.807) is 18.6 Å². The number of aliphatic imine (C=N–C) groups is 1. The summed E-state index contributed by atoms with van der Waals surface area (Å²) >= 11 is 0. The van der Waals surface area contributed by atoms with E-state index in [9.17, 15) is 5.26 Å². The highest BCUT2D eigenvalue weighted by Gasteiger charge is 2.19. The molecule has 9 heteroatoms. The van der Waals surface area contributed by atoms with Crippen molar-refractivity contribution in [3.05, 3.63) is 90.4 Å². The van der Waals surface area contributed by atoms with Crippen LogP contribution in [0.25, 0.3) is 11.3 Å². The number of nitrogens with one attached hydrogen (secondary N) is 2. The molecule has 0 aliphatic carbocycles. The highest BCUT2D eigenvalue weighted by Crippen LogP contribution is 2.30. The minimum Gasteiger partial charge on any atom is -0.370 e. The summed E-state index contributed by atoms with van der Waals surface area (Å²) in [5, 5.41) is 15.1.